The van der Waals surface area contributed by atoms with E-state index < -0.39 is 0 Å². The number of hydrogen-bond acceptors (Lipinski definition) is 1. The number of fused-ring (bicyclic) bond motifs is 1. The maximum Gasteiger partial charge on any atom is 0.133 e. The number of rotatable bonds is 1. The van der Waals surface area contributed by atoms with E-state index in [0.717, 1.165) is 12.0 Å². The van der Waals surface area contributed by atoms with Crippen LogP contribution < -0.4 is 0 Å². The molecule has 0 aliphatic rings. The molecule has 0 saturated carbocycles. The molecule has 0 unspecified atom stereocenters. The van der Waals surface area contributed by atoms with Crippen molar-refractivity contribution in [2.45, 2.75) is 41.0 Å². The smallest absolute Gasteiger partial charge is 0.133 e. The first-order chi connectivity index (χ1) is 7.40. The van der Waals surface area contributed by atoms with Gasteiger partial charge in [-0.3, -0.25) is 0 Å². The average Bonchev–Trinajstić information content (AvgIpc) is 2.81. The summed E-state index contributed by atoms with van der Waals surface area (Å²) in [7, 11) is 0. The topological polar surface area (TPSA) is 13.1 Å². The second-order valence-electron chi connectivity index (χ2n) is 2.65. The van der Waals surface area contributed by atoms with Crippen molar-refractivity contribution in [2.75, 3.05) is 0 Å². The summed E-state index contributed by atoms with van der Waals surface area (Å²) in [5, 5.41) is 1.20. The van der Waals surface area contributed by atoms with Crippen LogP contribution in [0.15, 0.2) is 34.9 Å². The van der Waals surface area contributed by atoms with Gasteiger partial charge in [0.05, 0.1) is 6.26 Å². The summed E-state index contributed by atoms with van der Waals surface area (Å²) in [5.41, 5.74) is 2.33. The molecule has 0 atom stereocenters. The van der Waals surface area contributed by atoms with Gasteiger partial charge in [0.15, 0.2) is 0 Å². The Morgan fingerprint density at radius 2 is 1.67 bits per heavy atom. The normalized spacial score (nSPS) is 8.60. The molecule has 1 nitrogen and oxygen atoms in total. The second kappa shape index (κ2) is 8.10. The molecule has 0 aliphatic carbocycles. The monoisotopic (exact) mass is 206 g/mol. The van der Waals surface area contributed by atoms with Gasteiger partial charge in [0.2, 0.25) is 0 Å². The van der Waals surface area contributed by atoms with Crippen molar-refractivity contribution in [3.63, 3.8) is 0 Å². The van der Waals surface area contributed by atoms with Crippen LogP contribution in [0.1, 0.15) is 40.2 Å². The number of hydrogen-bond donors (Lipinski definition) is 0. The van der Waals surface area contributed by atoms with Crippen LogP contribution >= 0.6 is 0 Å². The van der Waals surface area contributed by atoms with E-state index in [9.17, 15) is 0 Å². The number of benzene rings is 1. The fourth-order valence-electron chi connectivity index (χ4n) is 1.24. The molecule has 0 saturated heterocycles. The zero-order valence-corrected chi connectivity index (χ0v) is 10.5. The molecule has 0 spiro atoms. The highest BCUT2D eigenvalue weighted by molar-refractivity contribution is 5.77. The number of furan rings is 1. The molecule has 0 aliphatic heterocycles. The molecule has 84 valence electrons. The van der Waals surface area contributed by atoms with Gasteiger partial charge < -0.3 is 4.42 Å². The van der Waals surface area contributed by atoms with Crippen molar-refractivity contribution in [1.29, 1.82) is 0 Å². The van der Waals surface area contributed by atoms with Gasteiger partial charge in [-0.05, 0) is 30.2 Å². The van der Waals surface area contributed by atoms with E-state index in [1.54, 1.807) is 6.26 Å². The van der Waals surface area contributed by atoms with Gasteiger partial charge in [0, 0.05) is 5.39 Å². The highest BCUT2D eigenvalue weighted by Crippen LogP contribution is 2.16. The lowest BCUT2D eigenvalue weighted by Crippen LogP contribution is -1.76. The predicted octanol–water partition coefficient (Wildman–Crippen LogP) is 5.05. The third-order valence-corrected chi connectivity index (χ3v) is 1.93. The summed E-state index contributed by atoms with van der Waals surface area (Å²) in [5.74, 6) is 0. The lowest BCUT2D eigenvalue weighted by atomic mass is 10.1. The van der Waals surface area contributed by atoms with E-state index in [2.05, 4.69) is 19.1 Å². The molecule has 1 aromatic carbocycles. The summed E-state index contributed by atoms with van der Waals surface area (Å²) < 4.78 is 5.22. The molecule has 0 radical (unpaired) electrons. The van der Waals surface area contributed by atoms with Crippen LogP contribution in [-0.2, 0) is 6.42 Å². The third kappa shape index (κ3) is 3.78. The Hall–Kier alpha value is -1.24. The minimum Gasteiger partial charge on any atom is -0.464 e. The van der Waals surface area contributed by atoms with Crippen LogP contribution in [0.5, 0.6) is 0 Å². The maximum atomic E-state index is 5.22. The molecule has 0 amide bonds. The molecule has 0 fully saturated rings. The standard InChI is InChI=1S/C10H10O.2C2H6/c1-2-8-3-4-10-9(7-8)5-6-11-10;2*1-2/h3-7H,2H2,1H3;2*1-2H3. The Morgan fingerprint density at radius 3 is 2.27 bits per heavy atom. The molecule has 15 heavy (non-hydrogen) atoms. The zero-order valence-electron chi connectivity index (χ0n) is 10.5. The van der Waals surface area contributed by atoms with Gasteiger partial charge in [-0.1, -0.05) is 40.7 Å². The molecular weight excluding hydrogens is 184 g/mol. The quantitative estimate of drug-likeness (QED) is 0.636. The Bertz CT molecular complexity index is 360. The van der Waals surface area contributed by atoms with Crippen LogP contribution in [0.3, 0.4) is 0 Å². The fourth-order valence-corrected chi connectivity index (χ4v) is 1.24. The summed E-state index contributed by atoms with van der Waals surface area (Å²) in [6, 6.07) is 8.29. The fraction of sp³-hybridized carbons (Fsp3) is 0.429. The highest BCUT2D eigenvalue weighted by Gasteiger charge is 1.95. The van der Waals surface area contributed by atoms with Gasteiger partial charge in [-0.2, -0.15) is 0 Å². The largest absolute Gasteiger partial charge is 0.464 e. The number of aryl methyl sites for hydroxylation is 1. The molecule has 1 heterocycles. The summed E-state index contributed by atoms with van der Waals surface area (Å²) >= 11 is 0. The Morgan fingerprint density at radius 1 is 1.00 bits per heavy atom. The van der Waals surface area contributed by atoms with E-state index in [1.807, 2.05) is 39.8 Å². The highest BCUT2D eigenvalue weighted by atomic mass is 16.3. The van der Waals surface area contributed by atoms with Crippen molar-refractivity contribution >= 4 is 11.0 Å². The average molecular weight is 206 g/mol. The van der Waals surface area contributed by atoms with Gasteiger partial charge in [0.25, 0.3) is 0 Å². The summed E-state index contributed by atoms with van der Waals surface area (Å²) in [6.07, 6.45) is 2.81. The van der Waals surface area contributed by atoms with Crippen LogP contribution in [0.4, 0.5) is 0 Å². The van der Waals surface area contributed by atoms with Crippen LogP contribution in [-0.4, -0.2) is 0 Å². The lowest BCUT2D eigenvalue weighted by Gasteiger charge is -1.93. The van der Waals surface area contributed by atoms with E-state index in [-0.39, 0.29) is 0 Å². The molecule has 1 aromatic heterocycles. The molecular formula is C14H22O. The third-order valence-electron chi connectivity index (χ3n) is 1.93. The van der Waals surface area contributed by atoms with Crippen LogP contribution in [0, 0.1) is 0 Å². The summed E-state index contributed by atoms with van der Waals surface area (Å²) in [4.78, 5) is 0. The second-order valence-corrected chi connectivity index (χ2v) is 2.65. The van der Waals surface area contributed by atoms with Crippen LogP contribution in [0.2, 0.25) is 0 Å². The van der Waals surface area contributed by atoms with Crippen molar-refractivity contribution < 1.29 is 4.42 Å². The van der Waals surface area contributed by atoms with E-state index >= 15 is 0 Å². The molecule has 2 aromatic rings. The molecule has 2 rings (SSSR count). The van der Waals surface area contributed by atoms with E-state index in [0.29, 0.717) is 0 Å². The first-order valence-electron chi connectivity index (χ1n) is 5.86. The Labute approximate surface area is 93.1 Å². The molecule has 0 bridgehead atoms. The van der Waals surface area contributed by atoms with Crippen molar-refractivity contribution in [2.24, 2.45) is 0 Å². The minimum absolute atomic E-state index is 0.974. The Balaban J connectivity index is 0.000000442. The van der Waals surface area contributed by atoms with E-state index in [1.165, 1.54) is 10.9 Å². The van der Waals surface area contributed by atoms with Crippen LogP contribution in [0.25, 0.3) is 11.0 Å². The summed E-state index contributed by atoms with van der Waals surface area (Å²) in [6.45, 7) is 10.2. The molecule has 0 N–H and O–H groups in total. The first kappa shape index (κ1) is 13.8. The van der Waals surface area contributed by atoms with Crippen molar-refractivity contribution in [3.05, 3.63) is 36.1 Å². The Kier molecular flexibility index (Phi) is 7.43. The maximum absolute atomic E-state index is 5.22. The van der Waals surface area contributed by atoms with Gasteiger partial charge in [-0.15, -0.1) is 0 Å². The van der Waals surface area contributed by atoms with E-state index in [4.69, 9.17) is 4.42 Å². The molecule has 1 heteroatoms. The minimum atomic E-state index is 0.974. The first-order valence-corrected chi connectivity index (χ1v) is 5.86. The van der Waals surface area contributed by atoms with Gasteiger partial charge >= 0.3 is 0 Å². The predicted molar refractivity (Wildman–Crippen MR) is 68.3 cm³/mol. The van der Waals surface area contributed by atoms with Crippen molar-refractivity contribution in [1.82, 2.24) is 0 Å². The van der Waals surface area contributed by atoms with Crippen molar-refractivity contribution in [3.8, 4) is 0 Å². The van der Waals surface area contributed by atoms with Gasteiger partial charge in [-0.25, -0.2) is 0 Å². The van der Waals surface area contributed by atoms with Gasteiger partial charge in [0.1, 0.15) is 5.58 Å². The zero-order chi connectivity index (χ0) is 11.7. The SMILES string of the molecule is CC.CC.CCc1ccc2occc2c1. The lowest BCUT2D eigenvalue weighted by molar-refractivity contribution is 0.616.